The lowest BCUT2D eigenvalue weighted by Gasteiger charge is -2.58. The highest BCUT2D eigenvalue weighted by molar-refractivity contribution is 5.25. The highest BCUT2D eigenvalue weighted by Crippen LogP contribution is 2.66. The van der Waals surface area contributed by atoms with Crippen molar-refractivity contribution in [2.45, 2.75) is 116 Å². The molecule has 2 nitrogen and oxygen atoms in total. The van der Waals surface area contributed by atoms with Crippen LogP contribution in [0.15, 0.2) is 11.6 Å². The molecular formula is C27H44O2. The van der Waals surface area contributed by atoms with Crippen molar-refractivity contribution in [1.29, 1.82) is 0 Å². The molecule has 0 aliphatic heterocycles. The van der Waals surface area contributed by atoms with Gasteiger partial charge >= 0.3 is 0 Å². The second kappa shape index (κ2) is 7.09. The monoisotopic (exact) mass is 400 g/mol. The van der Waals surface area contributed by atoms with Crippen LogP contribution in [0.2, 0.25) is 0 Å². The molecule has 8 atom stereocenters. The molecule has 0 aromatic carbocycles. The van der Waals surface area contributed by atoms with Gasteiger partial charge in [-0.25, -0.2) is 0 Å². The summed E-state index contributed by atoms with van der Waals surface area (Å²) in [5, 5.41) is 20.9. The summed E-state index contributed by atoms with van der Waals surface area (Å²) in [5.41, 5.74) is 2.09. The Morgan fingerprint density at radius 3 is 2.59 bits per heavy atom. The fourth-order valence-electron chi connectivity index (χ4n) is 8.84. The smallest absolute Gasteiger partial charge is 0.0647 e. The molecule has 4 saturated carbocycles. The zero-order valence-corrected chi connectivity index (χ0v) is 19.1. The van der Waals surface area contributed by atoms with Crippen LogP contribution >= 0.6 is 0 Å². The maximum absolute atomic E-state index is 10.7. The third kappa shape index (κ3) is 3.36. The molecule has 0 radical (unpaired) electrons. The first-order valence-corrected chi connectivity index (χ1v) is 12.8. The number of aliphatic hydroxyl groups is 2. The van der Waals surface area contributed by atoms with E-state index in [1.54, 1.807) is 5.57 Å². The van der Waals surface area contributed by atoms with Crippen molar-refractivity contribution >= 4 is 0 Å². The lowest BCUT2D eigenvalue weighted by atomic mass is 9.47. The molecule has 5 unspecified atom stereocenters. The molecule has 0 aromatic heterocycles. The maximum Gasteiger partial charge on any atom is 0.0647 e. The fraction of sp³-hybridized carbons (Fsp3) is 0.926. The maximum atomic E-state index is 10.7. The van der Waals surface area contributed by atoms with E-state index in [2.05, 4.69) is 26.8 Å². The normalized spacial score (nSPS) is 48.9. The number of rotatable bonds is 5. The van der Waals surface area contributed by atoms with Crippen LogP contribution in [0.5, 0.6) is 0 Å². The van der Waals surface area contributed by atoms with Crippen LogP contribution in [0.1, 0.15) is 104 Å². The number of aliphatic hydroxyl groups excluding tert-OH is 1. The molecule has 29 heavy (non-hydrogen) atoms. The number of hydrogen-bond acceptors (Lipinski definition) is 2. The van der Waals surface area contributed by atoms with Gasteiger partial charge in [-0.15, -0.1) is 0 Å². The summed E-state index contributed by atoms with van der Waals surface area (Å²) >= 11 is 0. The lowest BCUT2D eigenvalue weighted by Crippen LogP contribution is -2.50. The van der Waals surface area contributed by atoms with E-state index < -0.39 is 5.60 Å². The number of allylic oxidation sites excluding steroid dienone is 1. The third-order valence-corrected chi connectivity index (χ3v) is 11.0. The molecule has 0 heterocycles. The predicted molar refractivity (Wildman–Crippen MR) is 118 cm³/mol. The van der Waals surface area contributed by atoms with Gasteiger partial charge in [0.2, 0.25) is 0 Å². The van der Waals surface area contributed by atoms with Gasteiger partial charge in [0.25, 0.3) is 0 Å². The Labute approximate surface area is 178 Å². The fourth-order valence-corrected chi connectivity index (χ4v) is 8.84. The molecule has 0 saturated heterocycles. The van der Waals surface area contributed by atoms with Crippen molar-refractivity contribution in [3.05, 3.63) is 11.6 Å². The molecule has 5 aliphatic carbocycles. The Morgan fingerprint density at radius 2 is 1.83 bits per heavy atom. The van der Waals surface area contributed by atoms with E-state index in [1.165, 1.54) is 64.2 Å². The molecule has 5 rings (SSSR count). The minimum Gasteiger partial charge on any atom is -0.393 e. The van der Waals surface area contributed by atoms with Gasteiger partial charge < -0.3 is 10.2 Å². The molecule has 5 aliphatic rings. The van der Waals surface area contributed by atoms with E-state index in [4.69, 9.17) is 0 Å². The van der Waals surface area contributed by atoms with Crippen molar-refractivity contribution in [3.8, 4) is 0 Å². The van der Waals surface area contributed by atoms with Gasteiger partial charge in [0.05, 0.1) is 11.7 Å². The topological polar surface area (TPSA) is 40.5 Å². The van der Waals surface area contributed by atoms with E-state index in [1.807, 2.05) is 0 Å². The van der Waals surface area contributed by atoms with Crippen molar-refractivity contribution < 1.29 is 10.2 Å². The minimum absolute atomic E-state index is 0.0940. The van der Waals surface area contributed by atoms with Gasteiger partial charge in [-0.05, 0) is 124 Å². The van der Waals surface area contributed by atoms with Crippen molar-refractivity contribution in [2.75, 3.05) is 0 Å². The molecule has 0 aromatic rings. The summed E-state index contributed by atoms with van der Waals surface area (Å²) in [4.78, 5) is 0. The van der Waals surface area contributed by atoms with Crippen LogP contribution in [-0.4, -0.2) is 21.9 Å². The minimum atomic E-state index is -0.402. The van der Waals surface area contributed by atoms with Gasteiger partial charge in [-0.3, -0.25) is 0 Å². The molecule has 0 spiro atoms. The second-order valence-corrected chi connectivity index (χ2v) is 12.5. The van der Waals surface area contributed by atoms with E-state index in [0.717, 1.165) is 42.9 Å². The summed E-state index contributed by atoms with van der Waals surface area (Å²) in [5.74, 6) is 4.08. The van der Waals surface area contributed by atoms with Gasteiger partial charge in [0.1, 0.15) is 0 Å². The Morgan fingerprint density at radius 1 is 1.03 bits per heavy atom. The van der Waals surface area contributed by atoms with Crippen molar-refractivity contribution in [1.82, 2.24) is 0 Å². The molecular weight excluding hydrogens is 356 g/mol. The molecule has 2 N–H and O–H groups in total. The van der Waals surface area contributed by atoms with Crippen LogP contribution < -0.4 is 0 Å². The zero-order valence-electron chi connectivity index (χ0n) is 19.1. The summed E-state index contributed by atoms with van der Waals surface area (Å²) in [6, 6.07) is 0. The van der Waals surface area contributed by atoms with Crippen molar-refractivity contribution in [2.24, 2.45) is 40.4 Å². The molecule has 164 valence electrons. The second-order valence-electron chi connectivity index (χ2n) is 12.5. The highest BCUT2D eigenvalue weighted by atomic mass is 16.3. The zero-order chi connectivity index (χ0) is 20.4. The molecule has 0 bridgehead atoms. The van der Waals surface area contributed by atoms with Gasteiger partial charge in [0, 0.05) is 0 Å². The van der Waals surface area contributed by atoms with E-state index in [-0.39, 0.29) is 6.10 Å². The summed E-state index contributed by atoms with van der Waals surface area (Å²) < 4.78 is 0. The first-order valence-electron chi connectivity index (χ1n) is 12.8. The summed E-state index contributed by atoms with van der Waals surface area (Å²) in [6.07, 6.45) is 18.6. The SMILES string of the molecule is CC12CCC(O)CC1=CC[C@@H]1C2CCC2(C)C1CC[C@@H]2CCC[C@@](C)(O)C1CC1. The van der Waals surface area contributed by atoms with Crippen LogP contribution in [0.4, 0.5) is 0 Å². The summed E-state index contributed by atoms with van der Waals surface area (Å²) in [7, 11) is 0. The van der Waals surface area contributed by atoms with Crippen LogP contribution in [-0.2, 0) is 0 Å². The Hall–Kier alpha value is -0.340. The number of hydrogen-bond donors (Lipinski definition) is 2. The third-order valence-electron chi connectivity index (χ3n) is 11.0. The van der Waals surface area contributed by atoms with E-state index in [0.29, 0.717) is 16.7 Å². The largest absolute Gasteiger partial charge is 0.393 e. The quantitative estimate of drug-likeness (QED) is 0.535. The van der Waals surface area contributed by atoms with Crippen LogP contribution in [0.3, 0.4) is 0 Å². The predicted octanol–water partition coefficient (Wildman–Crippen LogP) is 6.26. The van der Waals surface area contributed by atoms with E-state index >= 15 is 0 Å². The molecule has 4 fully saturated rings. The van der Waals surface area contributed by atoms with E-state index in [9.17, 15) is 10.2 Å². The lowest BCUT2D eigenvalue weighted by molar-refractivity contribution is -0.0519. The van der Waals surface area contributed by atoms with Crippen LogP contribution in [0, 0.1) is 40.4 Å². The van der Waals surface area contributed by atoms with Gasteiger partial charge in [0.15, 0.2) is 0 Å². The standard InChI is InChI=1S/C27H44O2/c1-25-16-13-24-22(10-8-20-17-21(28)12-15-26(20,24)2)23(25)11-9-18(25)5-4-14-27(3,29)19-6-7-19/h8,18-19,21-24,28-29H,4-7,9-17H2,1-3H3/t18-,21?,22-,23?,24?,25?,26?,27+/m0/s1. The average molecular weight is 401 g/mol. The van der Waals surface area contributed by atoms with Gasteiger partial charge in [-0.1, -0.05) is 31.9 Å². The molecule has 0 amide bonds. The van der Waals surface area contributed by atoms with Gasteiger partial charge in [-0.2, -0.15) is 0 Å². The van der Waals surface area contributed by atoms with Crippen molar-refractivity contribution in [3.63, 3.8) is 0 Å². The molecule has 2 heteroatoms. The Balaban J connectivity index is 1.27. The Kier molecular flexibility index (Phi) is 5.03. The Bertz CT molecular complexity index is 661. The highest BCUT2D eigenvalue weighted by Gasteiger charge is 2.58. The summed E-state index contributed by atoms with van der Waals surface area (Å²) in [6.45, 7) is 7.26. The first-order chi connectivity index (χ1) is 13.7. The van der Waals surface area contributed by atoms with Crippen LogP contribution in [0.25, 0.3) is 0 Å². The number of fused-ring (bicyclic) bond motifs is 5. The first kappa shape index (κ1) is 20.6. The average Bonchev–Trinajstić information content (AvgIpc) is 3.47.